The standard InChI is InChI=1S/C12H11F3N2O/c1-6(16)11(18)7-2-3-9-8(4-7)5-10(17-9)12(13,14)15/h2-6,17H,16H2,1H3. The lowest BCUT2D eigenvalue weighted by Crippen LogP contribution is -2.26. The van der Waals surface area contributed by atoms with E-state index in [2.05, 4.69) is 4.98 Å². The van der Waals surface area contributed by atoms with Crippen molar-refractivity contribution in [3.8, 4) is 0 Å². The highest BCUT2D eigenvalue weighted by Crippen LogP contribution is 2.31. The molecule has 0 aliphatic rings. The van der Waals surface area contributed by atoms with Crippen LogP contribution in [0.1, 0.15) is 23.0 Å². The zero-order valence-corrected chi connectivity index (χ0v) is 9.51. The third-order valence-corrected chi connectivity index (χ3v) is 2.62. The summed E-state index contributed by atoms with van der Waals surface area (Å²) in [5, 5.41) is 0.342. The Kier molecular flexibility index (Phi) is 2.90. The van der Waals surface area contributed by atoms with E-state index in [-0.39, 0.29) is 5.78 Å². The van der Waals surface area contributed by atoms with Crippen molar-refractivity contribution in [3.05, 3.63) is 35.5 Å². The van der Waals surface area contributed by atoms with Crippen molar-refractivity contribution in [3.63, 3.8) is 0 Å². The Morgan fingerprint density at radius 1 is 1.33 bits per heavy atom. The fraction of sp³-hybridized carbons (Fsp3) is 0.250. The average molecular weight is 256 g/mol. The largest absolute Gasteiger partial charge is 0.431 e. The second kappa shape index (κ2) is 4.13. The van der Waals surface area contributed by atoms with Crippen LogP contribution in [0.5, 0.6) is 0 Å². The van der Waals surface area contributed by atoms with Crippen LogP contribution in [0.15, 0.2) is 24.3 Å². The normalized spacial score (nSPS) is 13.8. The number of carbonyl (C=O) groups excluding carboxylic acids is 1. The smallest absolute Gasteiger partial charge is 0.351 e. The molecule has 6 heteroatoms. The molecule has 0 aliphatic carbocycles. The highest BCUT2D eigenvalue weighted by molar-refractivity contribution is 6.02. The van der Waals surface area contributed by atoms with Crippen LogP contribution in [0.4, 0.5) is 13.2 Å². The Labute approximate surface area is 101 Å². The van der Waals surface area contributed by atoms with Gasteiger partial charge >= 0.3 is 6.18 Å². The first-order chi connectivity index (χ1) is 8.29. The number of alkyl halides is 3. The van der Waals surface area contributed by atoms with Crippen molar-refractivity contribution in [2.75, 3.05) is 0 Å². The molecule has 1 atom stereocenters. The third-order valence-electron chi connectivity index (χ3n) is 2.62. The first-order valence-electron chi connectivity index (χ1n) is 5.29. The summed E-state index contributed by atoms with van der Waals surface area (Å²) in [6, 6.07) is 4.62. The van der Waals surface area contributed by atoms with E-state index in [1.54, 1.807) is 0 Å². The summed E-state index contributed by atoms with van der Waals surface area (Å²) in [5.41, 5.74) is 5.27. The molecule has 0 bridgehead atoms. The van der Waals surface area contributed by atoms with Crippen LogP contribution >= 0.6 is 0 Å². The number of H-pyrrole nitrogens is 1. The van der Waals surface area contributed by atoms with Gasteiger partial charge in [-0.3, -0.25) is 4.79 Å². The number of rotatable bonds is 2. The second-order valence-electron chi connectivity index (χ2n) is 4.14. The molecule has 0 fully saturated rings. The monoisotopic (exact) mass is 256 g/mol. The van der Waals surface area contributed by atoms with Gasteiger partial charge in [0.25, 0.3) is 0 Å². The molecular weight excluding hydrogens is 245 g/mol. The van der Waals surface area contributed by atoms with E-state index in [0.29, 0.717) is 16.5 Å². The first kappa shape index (κ1) is 12.6. The van der Waals surface area contributed by atoms with Crippen LogP contribution in [0.3, 0.4) is 0 Å². The fourth-order valence-corrected chi connectivity index (χ4v) is 1.70. The maximum atomic E-state index is 12.5. The van der Waals surface area contributed by atoms with Gasteiger partial charge in [0.05, 0.1) is 6.04 Å². The lowest BCUT2D eigenvalue weighted by Gasteiger charge is -2.03. The van der Waals surface area contributed by atoms with Crippen LogP contribution < -0.4 is 5.73 Å². The van der Waals surface area contributed by atoms with Crippen LogP contribution in [0, 0.1) is 0 Å². The number of Topliss-reactive ketones (excluding diaryl/α,β-unsaturated/α-hetero) is 1. The molecule has 1 heterocycles. The molecule has 0 amide bonds. The minimum Gasteiger partial charge on any atom is -0.351 e. The molecule has 1 aromatic heterocycles. The van der Waals surface area contributed by atoms with Gasteiger partial charge in [-0.15, -0.1) is 0 Å². The summed E-state index contributed by atoms with van der Waals surface area (Å²) in [4.78, 5) is 13.9. The summed E-state index contributed by atoms with van der Waals surface area (Å²) in [6.45, 7) is 1.53. The number of benzene rings is 1. The number of aromatic amines is 1. The van der Waals surface area contributed by atoms with E-state index in [4.69, 9.17) is 5.73 Å². The molecule has 0 spiro atoms. The summed E-state index contributed by atoms with van der Waals surface area (Å²) in [5.74, 6) is -0.299. The molecule has 0 radical (unpaired) electrons. The molecule has 96 valence electrons. The molecule has 1 aromatic carbocycles. The van der Waals surface area contributed by atoms with E-state index in [1.807, 2.05) is 0 Å². The van der Waals surface area contributed by atoms with Gasteiger partial charge in [-0.1, -0.05) is 0 Å². The van der Waals surface area contributed by atoms with E-state index >= 15 is 0 Å². The lowest BCUT2D eigenvalue weighted by molar-refractivity contribution is -0.140. The Hall–Kier alpha value is -1.82. The molecule has 0 saturated heterocycles. The van der Waals surface area contributed by atoms with Crippen molar-refractivity contribution in [1.82, 2.24) is 4.98 Å². The lowest BCUT2D eigenvalue weighted by atomic mass is 10.0. The van der Waals surface area contributed by atoms with Gasteiger partial charge in [0.1, 0.15) is 5.69 Å². The van der Waals surface area contributed by atoms with Crippen molar-refractivity contribution in [1.29, 1.82) is 0 Å². The average Bonchev–Trinajstić information content (AvgIpc) is 2.69. The van der Waals surface area contributed by atoms with Crippen molar-refractivity contribution < 1.29 is 18.0 Å². The number of nitrogens with one attached hydrogen (secondary N) is 1. The van der Waals surface area contributed by atoms with E-state index < -0.39 is 17.9 Å². The van der Waals surface area contributed by atoms with Crippen LogP contribution in [0.25, 0.3) is 10.9 Å². The number of carbonyl (C=O) groups is 1. The van der Waals surface area contributed by atoms with Gasteiger partial charge in [0.15, 0.2) is 5.78 Å². The maximum Gasteiger partial charge on any atom is 0.431 e. The predicted molar refractivity (Wildman–Crippen MR) is 61.3 cm³/mol. The molecule has 2 rings (SSSR count). The summed E-state index contributed by atoms with van der Waals surface area (Å²) in [7, 11) is 0. The third kappa shape index (κ3) is 2.24. The highest BCUT2D eigenvalue weighted by Gasteiger charge is 2.32. The minimum atomic E-state index is -4.43. The minimum absolute atomic E-state index is 0.299. The van der Waals surface area contributed by atoms with Crippen molar-refractivity contribution in [2.24, 2.45) is 5.73 Å². The zero-order valence-electron chi connectivity index (χ0n) is 9.51. The van der Waals surface area contributed by atoms with Gasteiger partial charge in [0, 0.05) is 16.5 Å². The number of hydrogen-bond acceptors (Lipinski definition) is 2. The van der Waals surface area contributed by atoms with Gasteiger partial charge < -0.3 is 10.7 Å². The Balaban J connectivity index is 2.49. The number of ketones is 1. The van der Waals surface area contributed by atoms with E-state index in [9.17, 15) is 18.0 Å². The van der Waals surface area contributed by atoms with E-state index in [0.717, 1.165) is 6.07 Å². The van der Waals surface area contributed by atoms with Crippen LogP contribution in [-0.4, -0.2) is 16.8 Å². The molecule has 3 N–H and O–H groups in total. The summed E-state index contributed by atoms with van der Waals surface area (Å²) < 4.78 is 37.5. The fourth-order valence-electron chi connectivity index (χ4n) is 1.70. The molecule has 3 nitrogen and oxygen atoms in total. The quantitative estimate of drug-likeness (QED) is 0.811. The molecule has 18 heavy (non-hydrogen) atoms. The highest BCUT2D eigenvalue weighted by atomic mass is 19.4. The summed E-state index contributed by atoms with van der Waals surface area (Å²) in [6.07, 6.45) is -4.43. The molecule has 2 aromatic rings. The Bertz CT molecular complexity index is 599. The van der Waals surface area contributed by atoms with Gasteiger partial charge in [-0.25, -0.2) is 0 Å². The SMILES string of the molecule is CC(N)C(=O)c1ccc2[nH]c(C(F)(F)F)cc2c1. The first-order valence-corrected chi connectivity index (χ1v) is 5.29. The van der Waals surface area contributed by atoms with E-state index in [1.165, 1.54) is 25.1 Å². The Morgan fingerprint density at radius 2 is 2.00 bits per heavy atom. The number of halogens is 3. The number of aromatic nitrogens is 1. The Morgan fingerprint density at radius 3 is 2.56 bits per heavy atom. The predicted octanol–water partition coefficient (Wildman–Crippen LogP) is 2.72. The van der Waals surface area contributed by atoms with Gasteiger partial charge in [-0.2, -0.15) is 13.2 Å². The summed E-state index contributed by atoms with van der Waals surface area (Å²) >= 11 is 0. The molecule has 1 unspecified atom stereocenters. The number of fused-ring (bicyclic) bond motifs is 1. The number of nitrogens with two attached hydrogens (primary N) is 1. The molecular formula is C12H11F3N2O. The van der Waals surface area contributed by atoms with Gasteiger partial charge in [-0.05, 0) is 31.2 Å². The number of hydrogen-bond donors (Lipinski definition) is 2. The van der Waals surface area contributed by atoms with Crippen LogP contribution in [-0.2, 0) is 6.18 Å². The van der Waals surface area contributed by atoms with Crippen molar-refractivity contribution >= 4 is 16.7 Å². The van der Waals surface area contributed by atoms with Crippen LogP contribution in [0.2, 0.25) is 0 Å². The topological polar surface area (TPSA) is 58.9 Å². The molecule has 0 aliphatic heterocycles. The zero-order chi connectivity index (χ0) is 13.5. The van der Waals surface area contributed by atoms with Gasteiger partial charge in [0.2, 0.25) is 0 Å². The maximum absolute atomic E-state index is 12.5. The van der Waals surface area contributed by atoms with Crippen molar-refractivity contribution in [2.45, 2.75) is 19.1 Å². The second-order valence-corrected chi connectivity index (χ2v) is 4.14. The molecule has 0 saturated carbocycles.